The van der Waals surface area contributed by atoms with Crippen molar-refractivity contribution in [3.8, 4) is 6.07 Å². The lowest BCUT2D eigenvalue weighted by molar-refractivity contribution is -0.135. The fourth-order valence-electron chi connectivity index (χ4n) is 2.21. The molecule has 2 rings (SSSR count). The normalized spacial score (nSPS) is 14.8. The van der Waals surface area contributed by atoms with Gasteiger partial charge in [0.05, 0.1) is 24.8 Å². The largest absolute Gasteiger partial charge is 0.378 e. The van der Waals surface area contributed by atoms with Gasteiger partial charge in [0.15, 0.2) is 0 Å². The number of benzene rings is 1. The first kappa shape index (κ1) is 15.4. The summed E-state index contributed by atoms with van der Waals surface area (Å²) in [6.45, 7) is 3.33. The van der Waals surface area contributed by atoms with Gasteiger partial charge in [0.1, 0.15) is 5.82 Å². The molecule has 0 spiro atoms. The number of nitriles is 1. The lowest BCUT2D eigenvalue weighted by Crippen LogP contribution is -2.41. The monoisotopic (exact) mass is 291 g/mol. The van der Waals surface area contributed by atoms with E-state index in [-0.39, 0.29) is 11.7 Å². The summed E-state index contributed by atoms with van der Waals surface area (Å²) in [4.78, 5) is 13.7. The zero-order valence-electron chi connectivity index (χ0n) is 11.8. The summed E-state index contributed by atoms with van der Waals surface area (Å²) < 4.78 is 18.3. The Bertz CT molecular complexity index is 536. The van der Waals surface area contributed by atoms with E-state index in [1.54, 1.807) is 4.90 Å². The van der Waals surface area contributed by atoms with Crippen molar-refractivity contribution >= 4 is 5.91 Å². The molecule has 1 aromatic carbocycles. The van der Waals surface area contributed by atoms with E-state index in [1.165, 1.54) is 18.2 Å². The van der Waals surface area contributed by atoms with E-state index < -0.39 is 0 Å². The van der Waals surface area contributed by atoms with Gasteiger partial charge < -0.3 is 15.0 Å². The first-order chi connectivity index (χ1) is 10.2. The summed E-state index contributed by atoms with van der Waals surface area (Å²) in [6.07, 6.45) is 0.386. The SMILES string of the molecule is N#Cc1ccc(F)cc1CNCCC(=O)N1CCOCC1. The Balaban J connectivity index is 1.76. The topological polar surface area (TPSA) is 65.4 Å². The Kier molecular flexibility index (Phi) is 5.67. The van der Waals surface area contributed by atoms with E-state index in [2.05, 4.69) is 5.32 Å². The minimum Gasteiger partial charge on any atom is -0.378 e. The van der Waals surface area contributed by atoms with E-state index in [4.69, 9.17) is 10.00 Å². The molecule has 1 aliphatic heterocycles. The van der Waals surface area contributed by atoms with Gasteiger partial charge in [0.25, 0.3) is 0 Å². The van der Waals surface area contributed by atoms with Gasteiger partial charge >= 0.3 is 0 Å². The minimum absolute atomic E-state index is 0.0885. The van der Waals surface area contributed by atoms with Gasteiger partial charge in [0, 0.05) is 32.6 Å². The predicted octanol–water partition coefficient (Wildman–Crippen LogP) is 1.04. The summed E-state index contributed by atoms with van der Waals surface area (Å²) in [7, 11) is 0. The Morgan fingerprint density at radius 1 is 1.43 bits per heavy atom. The molecular formula is C15H18FN3O2. The van der Waals surface area contributed by atoms with Gasteiger partial charge in [-0.3, -0.25) is 4.79 Å². The Morgan fingerprint density at radius 2 is 2.19 bits per heavy atom. The first-order valence-corrected chi connectivity index (χ1v) is 6.95. The summed E-state index contributed by atoms with van der Waals surface area (Å²) >= 11 is 0. The maximum atomic E-state index is 13.2. The standard InChI is InChI=1S/C15H18FN3O2/c16-14-2-1-12(10-17)13(9-14)11-18-4-3-15(20)19-5-7-21-8-6-19/h1-2,9,18H,3-8,11H2. The van der Waals surface area contributed by atoms with Crippen molar-refractivity contribution < 1.29 is 13.9 Å². The number of amides is 1. The second kappa shape index (κ2) is 7.72. The highest BCUT2D eigenvalue weighted by atomic mass is 19.1. The highest BCUT2D eigenvalue weighted by Gasteiger charge is 2.15. The number of nitrogens with zero attached hydrogens (tertiary/aromatic N) is 2. The molecule has 21 heavy (non-hydrogen) atoms. The number of rotatable bonds is 5. The maximum absolute atomic E-state index is 13.2. The van der Waals surface area contributed by atoms with Crippen molar-refractivity contribution in [1.82, 2.24) is 10.2 Å². The summed E-state index contributed by atoms with van der Waals surface area (Å²) in [6, 6.07) is 6.10. The van der Waals surface area contributed by atoms with Crippen LogP contribution in [0.2, 0.25) is 0 Å². The highest BCUT2D eigenvalue weighted by molar-refractivity contribution is 5.76. The molecule has 1 fully saturated rings. The van der Waals surface area contributed by atoms with Gasteiger partial charge in [-0.1, -0.05) is 0 Å². The second-order valence-electron chi connectivity index (χ2n) is 4.83. The molecule has 6 heteroatoms. The molecule has 1 aromatic rings. The van der Waals surface area contributed by atoms with Crippen molar-refractivity contribution in [1.29, 1.82) is 5.26 Å². The number of hydrogen-bond donors (Lipinski definition) is 1. The van der Waals surface area contributed by atoms with Crippen molar-refractivity contribution in [3.63, 3.8) is 0 Å². The smallest absolute Gasteiger partial charge is 0.224 e. The second-order valence-corrected chi connectivity index (χ2v) is 4.83. The van der Waals surface area contributed by atoms with Gasteiger partial charge in [-0.25, -0.2) is 4.39 Å². The lowest BCUT2D eigenvalue weighted by Gasteiger charge is -2.26. The molecule has 0 aromatic heterocycles. The van der Waals surface area contributed by atoms with Crippen LogP contribution in [-0.4, -0.2) is 43.7 Å². The zero-order chi connectivity index (χ0) is 15.1. The number of morpholine rings is 1. The summed E-state index contributed by atoms with van der Waals surface area (Å²) in [5.74, 6) is -0.277. The molecule has 0 unspecified atom stereocenters. The number of halogens is 1. The van der Waals surface area contributed by atoms with Crippen molar-refractivity contribution in [3.05, 3.63) is 35.1 Å². The molecule has 1 N–H and O–H groups in total. The van der Waals surface area contributed by atoms with Crippen molar-refractivity contribution in [2.24, 2.45) is 0 Å². The predicted molar refractivity (Wildman–Crippen MR) is 74.8 cm³/mol. The van der Waals surface area contributed by atoms with Gasteiger partial charge in [-0.2, -0.15) is 5.26 Å². The number of ether oxygens (including phenoxy) is 1. The van der Waals surface area contributed by atoms with Crippen LogP contribution < -0.4 is 5.32 Å². The Hall–Kier alpha value is -1.97. The quantitative estimate of drug-likeness (QED) is 0.823. The van der Waals surface area contributed by atoms with E-state index in [9.17, 15) is 9.18 Å². The molecule has 1 heterocycles. The molecule has 1 amide bonds. The molecule has 0 bridgehead atoms. The number of carbonyl (C=O) groups is 1. The molecule has 5 nitrogen and oxygen atoms in total. The fraction of sp³-hybridized carbons (Fsp3) is 0.467. The van der Waals surface area contributed by atoms with E-state index in [1.807, 2.05) is 6.07 Å². The zero-order valence-corrected chi connectivity index (χ0v) is 11.8. The molecule has 0 radical (unpaired) electrons. The van der Waals surface area contributed by atoms with E-state index in [0.717, 1.165) is 0 Å². The van der Waals surface area contributed by atoms with Crippen LogP contribution in [0.5, 0.6) is 0 Å². The van der Waals surface area contributed by atoms with Crippen LogP contribution in [0.15, 0.2) is 18.2 Å². The third-order valence-corrected chi connectivity index (χ3v) is 3.38. The van der Waals surface area contributed by atoms with Crippen LogP contribution in [0.1, 0.15) is 17.5 Å². The molecular weight excluding hydrogens is 273 g/mol. The average molecular weight is 291 g/mol. The van der Waals surface area contributed by atoms with E-state index >= 15 is 0 Å². The van der Waals surface area contributed by atoms with Crippen LogP contribution in [0.4, 0.5) is 4.39 Å². The maximum Gasteiger partial charge on any atom is 0.224 e. The van der Waals surface area contributed by atoms with Gasteiger partial charge in [-0.15, -0.1) is 0 Å². The summed E-state index contributed by atoms with van der Waals surface area (Å²) in [5.41, 5.74) is 1.06. The third kappa shape index (κ3) is 4.52. The molecule has 1 aliphatic rings. The van der Waals surface area contributed by atoms with Crippen LogP contribution in [0.3, 0.4) is 0 Å². The first-order valence-electron chi connectivity index (χ1n) is 6.95. The molecule has 0 saturated carbocycles. The van der Waals surface area contributed by atoms with Crippen molar-refractivity contribution in [2.75, 3.05) is 32.8 Å². The van der Waals surface area contributed by atoms with Gasteiger partial charge in [0.2, 0.25) is 5.91 Å². The van der Waals surface area contributed by atoms with Crippen LogP contribution in [0, 0.1) is 17.1 Å². The average Bonchev–Trinajstić information content (AvgIpc) is 2.52. The van der Waals surface area contributed by atoms with Crippen LogP contribution in [-0.2, 0) is 16.1 Å². The molecule has 0 atom stereocenters. The third-order valence-electron chi connectivity index (χ3n) is 3.38. The number of nitrogens with one attached hydrogen (secondary N) is 1. The van der Waals surface area contributed by atoms with E-state index in [0.29, 0.717) is 56.9 Å². The Morgan fingerprint density at radius 3 is 2.90 bits per heavy atom. The fourth-order valence-corrected chi connectivity index (χ4v) is 2.21. The van der Waals surface area contributed by atoms with Crippen molar-refractivity contribution in [2.45, 2.75) is 13.0 Å². The lowest BCUT2D eigenvalue weighted by atomic mass is 10.1. The number of hydrogen-bond acceptors (Lipinski definition) is 4. The molecule has 112 valence electrons. The Labute approximate surface area is 123 Å². The van der Waals surface area contributed by atoms with Crippen LogP contribution >= 0.6 is 0 Å². The molecule has 1 saturated heterocycles. The summed E-state index contributed by atoms with van der Waals surface area (Å²) in [5, 5.41) is 12.0. The number of carbonyl (C=O) groups excluding carboxylic acids is 1. The van der Waals surface area contributed by atoms with Gasteiger partial charge in [-0.05, 0) is 23.8 Å². The molecule has 0 aliphatic carbocycles. The highest BCUT2D eigenvalue weighted by Crippen LogP contribution is 2.10. The van der Waals surface area contributed by atoms with Crippen LogP contribution in [0.25, 0.3) is 0 Å². The minimum atomic E-state index is -0.366.